The first-order valence-corrected chi connectivity index (χ1v) is 11.1. The number of hydrogen-bond acceptors (Lipinski definition) is 6. The highest BCUT2D eigenvalue weighted by molar-refractivity contribution is 6.04. The third-order valence-electron chi connectivity index (χ3n) is 4.86. The SMILES string of the molecule is CC(C)(C)OC=O.CNc1ccc(-c2cc(C)ccc2/C(C)=N/OCc2ccc(N)cc2)cc1. The summed E-state index contributed by atoms with van der Waals surface area (Å²) < 4.78 is 4.55. The largest absolute Gasteiger partial charge is 0.462 e. The van der Waals surface area contributed by atoms with E-state index >= 15 is 0 Å². The molecule has 0 atom stereocenters. The van der Waals surface area contributed by atoms with Crippen molar-refractivity contribution in [2.24, 2.45) is 5.16 Å². The highest BCUT2D eigenvalue weighted by Crippen LogP contribution is 2.27. The Hall–Kier alpha value is -3.80. The third-order valence-corrected chi connectivity index (χ3v) is 4.86. The molecule has 0 aliphatic heterocycles. The molecule has 3 N–H and O–H groups in total. The van der Waals surface area contributed by atoms with Gasteiger partial charge in [-0.15, -0.1) is 0 Å². The van der Waals surface area contributed by atoms with Crippen molar-refractivity contribution < 1.29 is 14.4 Å². The van der Waals surface area contributed by atoms with Crippen LogP contribution in [0.15, 0.2) is 71.9 Å². The maximum Gasteiger partial charge on any atom is 0.293 e. The quantitative estimate of drug-likeness (QED) is 0.190. The Balaban J connectivity index is 0.000000509. The van der Waals surface area contributed by atoms with Crippen LogP contribution >= 0.6 is 0 Å². The second-order valence-corrected chi connectivity index (χ2v) is 8.89. The fraction of sp³-hybridized carbons (Fsp3) is 0.286. The molecular formula is C28H35N3O3. The van der Waals surface area contributed by atoms with E-state index in [1.54, 1.807) is 0 Å². The Labute approximate surface area is 202 Å². The van der Waals surface area contributed by atoms with Gasteiger partial charge in [-0.2, -0.15) is 0 Å². The Kier molecular flexibility index (Phi) is 9.68. The number of nitrogens with zero attached hydrogens (tertiary/aromatic N) is 1. The molecule has 6 nitrogen and oxygen atoms in total. The highest BCUT2D eigenvalue weighted by atomic mass is 16.6. The summed E-state index contributed by atoms with van der Waals surface area (Å²) in [6.07, 6.45) is 0. The molecule has 6 heteroatoms. The van der Waals surface area contributed by atoms with Crippen LogP contribution in [0.1, 0.15) is 44.4 Å². The van der Waals surface area contributed by atoms with Crippen molar-refractivity contribution in [1.29, 1.82) is 0 Å². The minimum Gasteiger partial charge on any atom is -0.462 e. The van der Waals surface area contributed by atoms with Gasteiger partial charge in [-0.1, -0.05) is 53.2 Å². The monoisotopic (exact) mass is 461 g/mol. The van der Waals surface area contributed by atoms with Crippen molar-refractivity contribution in [3.8, 4) is 11.1 Å². The number of oxime groups is 1. The smallest absolute Gasteiger partial charge is 0.293 e. The molecule has 34 heavy (non-hydrogen) atoms. The van der Waals surface area contributed by atoms with Crippen LogP contribution in [0.25, 0.3) is 11.1 Å². The summed E-state index contributed by atoms with van der Waals surface area (Å²) in [5.74, 6) is 0. The minimum absolute atomic E-state index is 0.318. The molecule has 0 heterocycles. The molecule has 0 spiro atoms. The van der Waals surface area contributed by atoms with E-state index in [0.29, 0.717) is 13.1 Å². The Morgan fingerprint density at radius 3 is 2.21 bits per heavy atom. The molecule has 0 unspecified atom stereocenters. The zero-order valence-corrected chi connectivity index (χ0v) is 20.9. The van der Waals surface area contributed by atoms with E-state index in [4.69, 9.17) is 10.6 Å². The molecule has 0 aliphatic rings. The third kappa shape index (κ3) is 8.62. The molecule has 0 aromatic heterocycles. The highest BCUT2D eigenvalue weighted by Gasteiger charge is 2.09. The van der Waals surface area contributed by atoms with Gasteiger partial charge in [0.05, 0.1) is 5.71 Å². The standard InChI is InChI=1S/C23H25N3O.C5H10O2/c1-16-4-13-22(23(14-16)19-7-11-21(25-3)12-8-19)17(2)26-27-15-18-5-9-20(24)10-6-18;1-5(2,3)7-4-6/h4-14,25H,15,24H2,1-3H3;4H,1-3H3/b26-17+;. The normalized spacial score (nSPS) is 11.2. The van der Waals surface area contributed by atoms with E-state index < -0.39 is 0 Å². The van der Waals surface area contributed by atoms with Crippen LogP contribution in [0.2, 0.25) is 0 Å². The van der Waals surface area contributed by atoms with Crippen LogP contribution in [-0.2, 0) is 21.0 Å². The summed E-state index contributed by atoms with van der Waals surface area (Å²) in [6.45, 7) is 10.4. The molecule has 0 saturated heterocycles. The second-order valence-electron chi connectivity index (χ2n) is 8.89. The van der Waals surface area contributed by atoms with E-state index in [-0.39, 0.29) is 5.60 Å². The average molecular weight is 462 g/mol. The van der Waals surface area contributed by atoms with Gasteiger partial charge in [0.15, 0.2) is 0 Å². The number of anilines is 2. The van der Waals surface area contributed by atoms with E-state index in [0.717, 1.165) is 39.3 Å². The summed E-state index contributed by atoms with van der Waals surface area (Å²) in [6, 6.07) is 22.4. The molecular weight excluding hydrogens is 426 g/mol. The number of carbonyl (C=O) groups excluding carboxylic acids is 1. The minimum atomic E-state index is -0.318. The molecule has 0 amide bonds. The summed E-state index contributed by atoms with van der Waals surface area (Å²) in [5.41, 5.74) is 13.7. The maximum atomic E-state index is 9.60. The van der Waals surface area contributed by atoms with E-state index in [9.17, 15) is 4.79 Å². The van der Waals surface area contributed by atoms with E-state index in [1.807, 2.05) is 59.0 Å². The number of nitrogens with one attached hydrogen (secondary N) is 1. The van der Waals surface area contributed by atoms with Crippen molar-refractivity contribution in [2.45, 2.75) is 46.8 Å². The molecule has 180 valence electrons. The Bertz CT molecular complexity index is 1080. The molecule has 0 bridgehead atoms. The molecule has 3 aromatic carbocycles. The van der Waals surface area contributed by atoms with Crippen LogP contribution in [0, 0.1) is 6.92 Å². The Morgan fingerprint density at radius 2 is 1.68 bits per heavy atom. The van der Waals surface area contributed by atoms with Gasteiger partial charge in [-0.05, 0) is 75.6 Å². The van der Waals surface area contributed by atoms with Crippen LogP contribution in [0.3, 0.4) is 0 Å². The molecule has 0 saturated carbocycles. The van der Waals surface area contributed by atoms with E-state index in [1.165, 1.54) is 5.56 Å². The predicted molar refractivity (Wildman–Crippen MR) is 141 cm³/mol. The first kappa shape index (κ1) is 26.5. The first-order chi connectivity index (χ1) is 16.1. The first-order valence-electron chi connectivity index (χ1n) is 11.1. The van der Waals surface area contributed by atoms with Gasteiger partial charge in [0, 0.05) is 24.0 Å². The van der Waals surface area contributed by atoms with Gasteiger partial charge in [-0.3, -0.25) is 4.79 Å². The van der Waals surface area contributed by atoms with Crippen LogP contribution in [0.4, 0.5) is 11.4 Å². The number of carbonyl (C=O) groups is 1. The number of nitrogen functional groups attached to an aromatic ring is 1. The second kappa shape index (κ2) is 12.4. The maximum absolute atomic E-state index is 9.60. The number of hydrogen-bond donors (Lipinski definition) is 2. The lowest BCUT2D eigenvalue weighted by Gasteiger charge is -2.14. The topological polar surface area (TPSA) is 85.9 Å². The summed E-state index contributed by atoms with van der Waals surface area (Å²) in [7, 11) is 1.92. The van der Waals surface area contributed by atoms with E-state index in [2.05, 4.69) is 64.6 Å². The summed E-state index contributed by atoms with van der Waals surface area (Å²) in [5, 5.41) is 7.48. The van der Waals surface area contributed by atoms with Crippen molar-refractivity contribution in [3.05, 3.63) is 83.4 Å². The number of aryl methyl sites for hydroxylation is 1. The Morgan fingerprint density at radius 1 is 1.03 bits per heavy atom. The summed E-state index contributed by atoms with van der Waals surface area (Å²) >= 11 is 0. The lowest BCUT2D eigenvalue weighted by Crippen LogP contribution is -2.17. The van der Waals surface area contributed by atoms with Crippen molar-refractivity contribution >= 4 is 23.6 Å². The van der Waals surface area contributed by atoms with Gasteiger partial charge in [0.25, 0.3) is 6.47 Å². The molecule has 0 fully saturated rings. The van der Waals surface area contributed by atoms with Crippen molar-refractivity contribution in [1.82, 2.24) is 0 Å². The molecule has 0 radical (unpaired) electrons. The van der Waals surface area contributed by atoms with Gasteiger partial charge in [0.2, 0.25) is 0 Å². The number of ether oxygens (including phenoxy) is 1. The fourth-order valence-corrected chi connectivity index (χ4v) is 3.04. The van der Waals surface area contributed by atoms with Gasteiger partial charge in [0.1, 0.15) is 12.2 Å². The number of benzene rings is 3. The van der Waals surface area contributed by atoms with Gasteiger partial charge in [-0.25, -0.2) is 0 Å². The van der Waals surface area contributed by atoms with Crippen LogP contribution in [0.5, 0.6) is 0 Å². The molecule has 0 aliphatic carbocycles. The number of rotatable bonds is 7. The number of nitrogens with two attached hydrogens (primary N) is 1. The summed E-state index contributed by atoms with van der Waals surface area (Å²) in [4.78, 5) is 15.2. The van der Waals surface area contributed by atoms with Crippen molar-refractivity contribution in [2.75, 3.05) is 18.1 Å². The lowest BCUT2D eigenvalue weighted by molar-refractivity contribution is -0.138. The van der Waals surface area contributed by atoms with Crippen molar-refractivity contribution in [3.63, 3.8) is 0 Å². The molecule has 3 rings (SSSR count). The predicted octanol–water partition coefficient (Wildman–Crippen LogP) is 6.18. The molecule has 3 aromatic rings. The van der Waals surface area contributed by atoms with Gasteiger partial charge < -0.3 is 20.6 Å². The van der Waals surface area contributed by atoms with Gasteiger partial charge >= 0.3 is 0 Å². The van der Waals surface area contributed by atoms with Crippen LogP contribution in [-0.4, -0.2) is 24.8 Å². The zero-order chi connectivity index (χ0) is 25.1. The zero-order valence-electron chi connectivity index (χ0n) is 20.9. The van der Waals surface area contributed by atoms with Crippen LogP contribution < -0.4 is 11.1 Å². The average Bonchev–Trinajstić information content (AvgIpc) is 2.80. The fourth-order valence-electron chi connectivity index (χ4n) is 3.04. The lowest BCUT2D eigenvalue weighted by atomic mass is 9.95.